The Labute approximate surface area is 173 Å². The standard InChI is InChI=1S/C26H28ClF/c1-4-6-21(22-7-5-8-25(27)18-22)17-20-11-15-24(16-12-20)26(3,28)23-13-9-19(2)10-14-23/h5,7-16,18,21H,4,6,17H2,1-3H3. The van der Waals surface area contributed by atoms with Gasteiger partial charge in [-0.05, 0) is 67.0 Å². The topological polar surface area (TPSA) is 0 Å². The molecule has 0 amide bonds. The number of aryl methyl sites for hydroxylation is 1. The molecule has 0 aromatic heterocycles. The van der Waals surface area contributed by atoms with Gasteiger partial charge in [-0.2, -0.15) is 0 Å². The van der Waals surface area contributed by atoms with Gasteiger partial charge in [0.2, 0.25) is 0 Å². The van der Waals surface area contributed by atoms with E-state index in [1.807, 2.05) is 55.5 Å². The first-order chi connectivity index (χ1) is 13.4. The van der Waals surface area contributed by atoms with E-state index in [4.69, 9.17) is 11.6 Å². The quantitative estimate of drug-likeness (QED) is 0.380. The van der Waals surface area contributed by atoms with Crippen LogP contribution < -0.4 is 0 Å². The highest BCUT2D eigenvalue weighted by Crippen LogP contribution is 2.34. The number of hydrogen-bond acceptors (Lipinski definition) is 0. The molecule has 0 N–H and O–H groups in total. The van der Waals surface area contributed by atoms with Gasteiger partial charge in [0.25, 0.3) is 0 Å². The van der Waals surface area contributed by atoms with Crippen LogP contribution in [0.15, 0.2) is 72.8 Å². The van der Waals surface area contributed by atoms with Crippen LogP contribution in [-0.4, -0.2) is 0 Å². The summed E-state index contributed by atoms with van der Waals surface area (Å²) in [5.74, 6) is 0.420. The molecule has 0 bridgehead atoms. The minimum absolute atomic E-state index is 0.420. The highest BCUT2D eigenvalue weighted by atomic mass is 35.5. The number of benzene rings is 3. The summed E-state index contributed by atoms with van der Waals surface area (Å²) in [6, 6.07) is 23.8. The maximum atomic E-state index is 15.5. The summed E-state index contributed by atoms with van der Waals surface area (Å²) in [5, 5.41) is 0.778. The van der Waals surface area contributed by atoms with Crippen LogP contribution in [0.5, 0.6) is 0 Å². The molecule has 0 aliphatic carbocycles. The Kier molecular flexibility index (Phi) is 6.57. The van der Waals surface area contributed by atoms with Crippen LogP contribution in [0.2, 0.25) is 5.02 Å². The fraction of sp³-hybridized carbons (Fsp3) is 0.308. The second kappa shape index (κ2) is 8.92. The summed E-state index contributed by atoms with van der Waals surface area (Å²) in [4.78, 5) is 0. The summed E-state index contributed by atoms with van der Waals surface area (Å²) in [6.45, 7) is 5.86. The molecule has 0 heterocycles. The summed E-state index contributed by atoms with van der Waals surface area (Å²) < 4.78 is 15.5. The van der Waals surface area contributed by atoms with Crippen molar-refractivity contribution in [1.29, 1.82) is 0 Å². The molecule has 2 heteroatoms. The zero-order valence-corrected chi connectivity index (χ0v) is 17.6. The molecule has 3 aromatic carbocycles. The third-order valence-electron chi connectivity index (χ3n) is 5.53. The average Bonchev–Trinajstić information content (AvgIpc) is 2.68. The predicted molar refractivity (Wildman–Crippen MR) is 118 cm³/mol. The van der Waals surface area contributed by atoms with E-state index in [0.29, 0.717) is 17.0 Å². The number of hydrogen-bond donors (Lipinski definition) is 0. The molecule has 3 aromatic rings. The predicted octanol–water partition coefficient (Wildman–Crippen LogP) is 8.01. The second-order valence-electron chi connectivity index (χ2n) is 7.81. The van der Waals surface area contributed by atoms with Crippen LogP contribution in [0.1, 0.15) is 60.4 Å². The van der Waals surface area contributed by atoms with Gasteiger partial charge in [-0.15, -0.1) is 0 Å². The van der Waals surface area contributed by atoms with Gasteiger partial charge in [0.1, 0.15) is 0 Å². The van der Waals surface area contributed by atoms with Gasteiger partial charge in [0, 0.05) is 5.02 Å². The SMILES string of the molecule is CCCC(Cc1ccc(C(C)(F)c2ccc(C)cc2)cc1)c1cccc(Cl)c1. The van der Waals surface area contributed by atoms with E-state index >= 15 is 4.39 Å². The molecule has 0 aliphatic rings. The van der Waals surface area contributed by atoms with Crippen molar-refractivity contribution in [3.05, 3.63) is 106 Å². The van der Waals surface area contributed by atoms with Crippen LogP contribution in [-0.2, 0) is 12.1 Å². The summed E-state index contributed by atoms with van der Waals surface area (Å²) in [7, 11) is 0. The van der Waals surface area contributed by atoms with Gasteiger partial charge in [0.05, 0.1) is 0 Å². The maximum Gasteiger partial charge on any atom is 0.158 e. The third-order valence-corrected chi connectivity index (χ3v) is 5.76. The van der Waals surface area contributed by atoms with E-state index in [-0.39, 0.29) is 0 Å². The molecule has 0 saturated heterocycles. The summed E-state index contributed by atoms with van der Waals surface area (Å²) in [5.41, 5.74) is 3.51. The summed E-state index contributed by atoms with van der Waals surface area (Å²) >= 11 is 6.19. The number of halogens is 2. The van der Waals surface area contributed by atoms with Gasteiger partial charge in [-0.25, -0.2) is 4.39 Å². The van der Waals surface area contributed by atoms with Crippen molar-refractivity contribution >= 4 is 11.6 Å². The molecular formula is C26H28ClF. The van der Waals surface area contributed by atoms with Gasteiger partial charge in [-0.1, -0.05) is 91.2 Å². The lowest BCUT2D eigenvalue weighted by Crippen LogP contribution is -2.17. The van der Waals surface area contributed by atoms with Crippen molar-refractivity contribution < 1.29 is 4.39 Å². The first kappa shape index (κ1) is 20.6. The smallest absolute Gasteiger partial charge is 0.158 e. The molecular weight excluding hydrogens is 367 g/mol. The normalized spacial score (nSPS) is 14.5. The van der Waals surface area contributed by atoms with E-state index in [1.165, 1.54) is 11.1 Å². The van der Waals surface area contributed by atoms with Crippen LogP contribution in [0.25, 0.3) is 0 Å². The van der Waals surface area contributed by atoms with Crippen molar-refractivity contribution in [3.63, 3.8) is 0 Å². The van der Waals surface area contributed by atoms with Crippen LogP contribution in [0, 0.1) is 6.92 Å². The van der Waals surface area contributed by atoms with Crippen molar-refractivity contribution in [2.75, 3.05) is 0 Å². The minimum atomic E-state index is -1.50. The fourth-order valence-electron chi connectivity index (χ4n) is 3.77. The highest BCUT2D eigenvalue weighted by Gasteiger charge is 2.28. The van der Waals surface area contributed by atoms with Crippen LogP contribution in [0.3, 0.4) is 0 Å². The lowest BCUT2D eigenvalue weighted by molar-refractivity contribution is 0.251. The summed E-state index contributed by atoms with van der Waals surface area (Å²) in [6.07, 6.45) is 3.15. The second-order valence-corrected chi connectivity index (χ2v) is 8.25. The van der Waals surface area contributed by atoms with Crippen molar-refractivity contribution in [3.8, 4) is 0 Å². The first-order valence-electron chi connectivity index (χ1n) is 10.0. The van der Waals surface area contributed by atoms with Crippen molar-refractivity contribution in [2.24, 2.45) is 0 Å². The van der Waals surface area contributed by atoms with Gasteiger partial charge >= 0.3 is 0 Å². The maximum absolute atomic E-state index is 15.5. The largest absolute Gasteiger partial charge is 0.234 e. The van der Waals surface area contributed by atoms with E-state index in [0.717, 1.165) is 29.8 Å². The monoisotopic (exact) mass is 394 g/mol. The molecule has 0 spiro atoms. The number of rotatable bonds is 7. The molecule has 28 heavy (non-hydrogen) atoms. The van der Waals surface area contributed by atoms with Crippen molar-refractivity contribution in [1.82, 2.24) is 0 Å². The average molecular weight is 395 g/mol. The molecule has 0 saturated carbocycles. The molecule has 0 fully saturated rings. The molecule has 146 valence electrons. The Morgan fingerprint density at radius 3 is 2.11 bits per heavy atom. The molecule has 3 rings (SSSR count). The Hall–Kier alpha value is -2.12. The van der Waals surface area contributed by atoms with E-state index < -0.39 is 5.67 Å². The van der Waals surface area contributed by atoms with E-state index in [1.54, 1.807) is 6.92 Å². The number of alkyl halides is 1. The van der Waals surface area contributed by atoms with Crippen LogP contribution >= 0.6 is 11.6 Å². The molecule has 0 nitrogen and oxygen atoms in total. The van der Waals surface area contributed by atoms with E-state index in [9.17, 15) is 0 Å². The highest BCUT2D eigenvalue weighted by molar-refractivity contribution is 6.30. The van der Waals surface area contributed by atoms with Gasteiger partial charge < -0.3 is 0 Å². The Bertz CT molecular complexity index is 894. The third kappa shape index (κ3) is 4.83. The molecule has 2 atom stereocenters. The zero-order chi connectivity index (χ0) is 20.1. The lowest BCUT2D eigenvalue weighted by atomic mass is 9.86. The minimum Gasteiger partial charge on any atom is -0.234 e. The van der Waals surface area contributed by atoms with Gasteiger partial charge in [0.15, 0.2) is 5.67 Å². The molecule has 0 aliphatic heterocycles. The first-order valence-corrected chi connectivity index (χ1v) is 10.4. The molecule has 2 unspecified atom stereocenters. The Morgan fingerprint density at radius 1 is 0.929 bits per heavy atom. The lowest BCUT2D eigenvalue weighted by Gasteiger charge is -2.23. The molecule has 0 radical (unpaired) electrons. The van der Waals surface area contributed by atoms with Gasteiger partial charge in [-0.3, -0.25) is 0 Å². The Balaban J connectivity index is 1.80. The van der Waals surface area contributed by atoms with Crippen LogP contribution in [0.4, 0.5) is 4.39 Å². The van der Waals surface area contributed by atoms with Crippen molar-refractivity contribution in [2.45, 2.75) is 51.6 Å². The Morgan fingerprint density at radius 2 is 1.54 bits per heavy atom. The zero-order valence-electron chi connectivity index (χ0n) is 16.9. The fourth-order valence-corrected chi connectivity index (χ4v) is 3.97. The van der Waals surface area contributed by atoms with E-state index in [2.05, 4.69) is 31.2 Å².